The van der Waals surface area contributed by atoms with Crippen LogP contribution < -0.4 is 15.8 Å². The van der Waals surface area contributed by atoms with Gasteiger partial charge in [-0.1, -0.05) is 26.8 Å². The zero-order chi connectivity index (χ0) is 18.5. The fraction of sp³-hybridized carbons (Fsp3) is 0.579. The molecule has 1 amide bonds. The first kappa shape index (κ1) is 20.2. The van der Waals surface area contributed by atoms with Gasteiger partial charge in [-0.2, -0.15) is 0 Å². The zero-order valence-corrected chi connectivity index (χ0v) is 15.7. The van der Waals surface area contributed by atoms with E-state index in [1.165, 1.54) is 0 Å². The highest BCUT2D eigenvalue weighted by Crippen LogP contribution is 2.38. The quantitative estimate of drug-likeness (QED) is 0.593. The fourth-order valence-corrected chi connectivity index (χ4v) is 2.89. The van der Waals surface area contributed by atoms with Crippen molar-refractivity contribution in [3.8, 4) is 5.75 Å². The van der Waals surface area contributed by atoms with Gasteiger partial charge in [-0.05, 0) is 44.4 Å². The highest BCUT2D eigenvalue weighted by Gasteiger charge is 2.30. The van der Waals surface area contributed by atoms with E-state index in [1.807, 2.05) is 46.8 Å². The Balaban J connectivity index is 3.19. The van der Waals surface area contributed by atoms with Crippen LogP contribution in [0.2, 0.25) is 0 Å². The summed E-state index contributed by atoms with van der Waals surface area (Å²) in [5.74, 6) is 0.00173. The minimum absolute atomic E-state index is 0.00806. The van der Waals surface area contributed by atoms with E-state index in [2.05, 4.69) is 5.32 Å². The number of esters is 1. The van der Waals surface area contributed by atoms with E-state index in [0.717, 1.165) is 23.1 Å². The lowest BCUT2D eigenvalue weighted by Crippen LogP contribution is -2.34. The minimum atomic E-state index is -0.699. The fourth-order valence-electron chi connectivity index (χ4n) is 2.89. The minimum Gasteiger partial charge on any atom is -0.425 e. The maximum Gasteiger partial charge on any atom is 0.328 e. The van der Waals surface area contributed by atoms with Crippen molar-refractivity contribution in [3.05, 3.63) is 28.8 Å². The van der Waals surface area contributed by atoms with Gasteiger partial charge >= 0.3 is 5.97 Å². The zero-order valence-electron chi connectivity index (χ0n) is 15.7. The Morgan fingerprint density at radius 3 is 2.46 bits per heavy atom. The van der Waals surface area contributed by atoms with Gasteiger partial charge < -0.3 is 15.8 Å². The normalized spacial score (nSPS) is 12.6. The number of rotatable bonds is 7. The second-order valence-electron chi connectivity index (χ2n) is 7.08. The predicted molar refractivity (Wildman–Crippen MR) is 96.1 cm³/mol. The first-order valence-electron chi connectivity index (χ1n) is 8.44. The molecule has 0 heterocycles. The number of hydrogen-bond acceptors (Lipinski definition) is 4. The average Bonchev–Trinajstić information content (AvgIpc) is 2.43. The van der Waals surface area contributed by atoms with Gasteiger partial charge in [-0.3, -0.25) is 4.79 Å². The van der Waals surface area contributed by atoms with Gasteiger partial charge in [0.1, 0.15) is 11.8 Å². The summed E-state index contributed by atoms with van der Waals surface area (Å²) in [5, 5.41) is 2.90. The molecule has 0 saturated carbocycles. The lowest BCUT2D eigenvalue weighted by atomic mass is 9.78. The number of benzene rings is 1. The Kier molecular flexibility index (Phi) is 6.96. The van der Waals surface area contributed by atoms with Crippen molar-refractivity contribution in [2.45, 2.75) is 65.8 Å². The average molecular weight is 334 g/mol. The Labute approximate surface area is 145 Å². The SMILES string of the molecule is CCCNC(=O)CC(C)(C)c1c(C)cc(C)cc1OC(=O)C(C)N. The molecule has 0 bridgehead atoms. The van der Waals surface area contributed by atoms with Crippen LogP contribution in [0, 0.1) is 13.8 Å². The van der Waals surface area contributed by atoms with Crippen LogP contribution in [0.15, 0.2) is 12.1 Å². The summed E-state index contributed by atoms with van der Waals surface area (Å²) in [4.78, 5) is 24.1. The lowest BCUT2D eigenvalue weighted by Gasteiger charge is -2.29. The molecule has 0 aliphatic heterocycles. The van der Waals surface area contributed by atoms with Crippen molar-refractivity contribution in [1.82, 2.24) is 5.32 Å². The van der Waals surface area contributed by atoms with Gasteiger partial charge in [0.05, 0.1) is 0 Å². The van der Waals surface area contributed by atoms with Crippen LogP contribution in [-0.4, -0.2) is 24.5 Å². The molecule has 1 aromatic carbocycles. The molecule has 24 heavy (non-hydrogen) atoms. The van der Waals surface area contributed by atoms with Gasteiger partial charge in [0.25, 0.3) is 0 Å². The first-order valence-corrected chi connectivity index (χ1v) is 8.44. The second-order valence-corrected chi connectivity index (χ2v) is 7.08. The summed E-state index contributed by atoms with van der Waals surface area (Å²) in [5.41, 5.74) is 8.01. The topological polar surface area (TPSA) is 81.4 Å². The number of carbonyl (C=O) groups excluding carboxylic acids is 2. The van der Waals surface area contributed by atoms with E-state index >= 15 is 0 Å². The molecule has 134 valence electrons. The molecule has 0 aromatic heterocycles. The molecule has 1 atom stereocenters. The maximum atomic E-state index is 12.2. The molecule has 0 spiro atoms. The van der Waals surface area contributed by atoms with E-state index in [4.69, 9.17) is 10.5 Å². The van der Waals surface area contributed by atoms with Crippen molar-refractivity contribution < 1.29 is 14.3 Å². The van der Waals surface area contributed by atoms with Gasteiger partial charge in [0, 0.05) is 23.9 Å². The van der Waals surface area contributed by atoms with Crippen LogP contribution in [0.1, 0.15) is 57.2 Å². The van der Waals surface area contributed by atoms with Crippen molar-refractivity contribution >= 4 is 11.9 Å². The Bertz CT molecular complexity index is 607. The molecule has 0 fully saturated rings. The third kappa shape index (κ3) is 5.34. The standard InChI is InChI=1S/C19H30N2O3/c1-7-8-21-16(22)11-19(5,6)17-13(3)9-12(2)10-15(17)24-18(23)14(4)20/h9-10,14H,7-8,11,20H2,1-6H3,(H,21,22). The van der Waals surface area contributed by atoms with Crippen molar-refractivity contribution in [2.75, 3.05) is 6.54 Å². The summed E-state index contributed by atoms with van der Waals surface area (Å²) in [6.45, 7) is 12.2. The molecule has 0 aliphatic rings. The molecular weight excluding hydrogens is 304 g/mol. The van der Waals surface area contributed by atoms with Crippen LogP contribution in [0.3, 0.4) is 0 Å². The predicted octanol–water partition coefficient (Wildman–Crippen LogP) is 2.75. The van der Waals surface area contributed by atoms with Gasteiger partial charge in [-0.25, -0.2) is 4.79 Å². The van der Waals surface area contributed by atoms with Crippen molar-refractivity contribution in [3.63, 3.8) is 0 Å². The molecule has 0 saturated heterocycles. The van der Waals surface area contributed by atoms with E-state index in [0.29, 0.717) is 18.7 Å². The molecule has 3 N–H and O–H groups in total. The molecule has 1 unspecified atom stereocenters. The van der Waals surface area contributed by atoms with Crippen LogP contribution in [0.25, 0.3) is 0 Å². The number of carbonyl (C=O) groups is 2. The number of amides is 1. The number of nitrogens with one attached hydrogen (secondary N) is 1. The number of aryl methyl sites for hydroxylation is 2. The third-order valence-electron chi connectivity index (χ3n) is 3.88. The monoisotopic (exact) mass is 334 g/mol. The molecule has 5 heteroatoms. The number of ether oxygens (including phenoxy) is 1. The van der Waals surface area contributed by atoms with E-state index < -0.39 is 17.4 Å². The molecule has 1 rings (SSSR count). The Hall–Kier alpha value is -1.88. The van der Waals surface area contributed by atoms with Crippen LogP contribution in [0.5, 0.6) is 5.75 Å². The van der Waals surface area contributed by atoms with Gasteiger partial charge in [0.2, 0.25) is 5.91 Å². The third-order valence-corrected chi connectivity index (χ3v) is 3.88. The highest BCUT2D eigenvalue weighted by atomic mass is 16.5. The summed E-state index contributed by atoms with van der Waals surface area (Å²) < 4.78 is 5.52. The smallest absolute Gasteiger partial charge is 0.328 e. The van der Waals surface area contributed by atoms with E-state index in [9.17, 15) is 9.59 Å². The maximum absolute atomic E-state index is 12.2. The lowest BCUT2D eigenvalue weighted by molar-refractivity contribution is -0.135. The van der Waals surface area contributed by atoms with E-state index in [1.54, 1.807) is 6.92 Å². The molecule has 5 nitrogen and oxygen atoms in total. The largest absolute Gasteiger partial charge is 0.425 e. The van der Waals surface area contributed by atoms with Crippen LogP contribution in [0.4, 0.5) is 0 Å². The van der Waals surface area contributed by atoms with Gasteiger partial charge in [-0.15, -0.1) is 0 Å². The highest BCUT2D eigenvalue weighted by molar-refractivity contribution is 5.79. The second kappa shape index (κ2) is 8.29. The van der Waals surface area contributed by atoms with E-state index in [-0.39, 0.29) is 5.91 Å². The number of hydrogen-bond donors (Lipinski definition) is 2. The van der Waals surface area contributed by atoms with Crippen LogP contribution in [-0.2, 0) is 15.0 Å². The van der Waals surface area contributed by atoms with Crippen molar-refractivity contribution in [2.24, 2.45) is 5.73 Å². The first-order chi connectivity index (χ1) is 11.1. The molecular formula is C19H30N2O3. The molecule has 0 radical (unpaired) electrons. The Morgan fingerprint density at radius 2 is 1.92 bits per heavy atom. The summed E-state index contributed by atoms with van der Waals surface area (Å²) >= 11 is 0. The summed E-state index contributed by atoms with van der Waals surface area (Å²) in [7, 11) is 0. The molecule has 1 aromatic rings. The molecule has 0 aliphatic carbocycles. The summed E-state index contributed by atoms with van der Waals surface area (Å²) in [6, 6.07) is 3.16. The van der Waals surface area contributed by atoms with Crippen LogP contribution >= 0.6 is 0 Å². The van der Waals surface area contributed by atoms with Crippen molar-refractivity contribution in [1.29, 1.82) is 0 Å². The summed E-state index contributed by atoms with van der Waals surface area (Å²) in [6.07, 6.45) is 1.21. The number of nitrogens with two attached hydrogens (primary N) is 1. The Morgan fingerprint density at radius 1 is 1.29 bits per heavy atom. The van der Waals surface area contributed by atoms with Gasteiger partial charge in [0.15, 0.2) is 0 Å².